The second-order valence-corrected chi connectivity index (χ2v) is 5.96. The van der Waals surface area contributed by atoms with Crippen molar-refractivity contribution in [2.24, 2.45) is 0 Å². The van der Waals surface area contributed by atoms with Gasteiger partial charge in [0, 0.05) is 29.6 Å². The smallest absolute Gasteiger partial charge is 0.276 e. The van der Waals surface area contributed by atoms with Gasteiger partial charge < -0.3 is 10.2 Å². The number of benzene rings is 2. The zero-order valence-corrected chi connectivity index (χ0v) is 14.7. The van der Waals surface area contributed by atoms with E-state index in [1.54, 1.807) is 30.3 Å². The second kappa shape index (κ2) is 7.32. The van der Waals surface area contributed by atoms with Crippen molar-refractivity contribution < 1.29 is 4.79 Å². The summed E-state index contributed by atoms with van der Waals surface area (Å²) in [5.74, 6) is 0.130. The first-order valence-corrected chi connectivity index (χ1v) is 8.12. The number of carbonyl (C=O) groups excluding carboxylic acids is 1. The number of amides is 1. The number of halogens is 1. The van der Waals surface area contributed by atoms with Gasteiger partial charge in [0.15, 0.2) is 0 Å². The third-order valence-corrected chi connectivity index (χ3v) is 4.16. The van der Waals surface area contributed by atoms with Crippen molar-refractivity contribution in [3.63, 3.8) is 0 Å². The van der Waals surface area contributed by atoms with Gasteiger partial charge in [0.25, 0.3) is 5.91 Å². The monoisotopic (exact) mass is 352 g/mol. The molecule has 3 aromatic rings. The zero-order chi connectivity index (χ0) is 17.8. The van der Waals surface area contributed by atoms with E-state index in [9.17, 15) is 4.79 Å². The molecule has 1 aromatic heterocycles. The Morgan fingerprint density at radius 2 is 1.88 bits per heavy atom. The molecule has 0 saturated heterocycles. The highest BCUT2D eigenvalue weighted by Crippen LogP contribution is 2.22. The maximum Gasteiger partial charge on any atom is 0.276 e. The number of hydrogen-bond acceptors (Lipinski definition) is 4. The van der Waals surface area contributed by atoms with Crippen molar-refractivity contribution >= 4 is 34.8 Å². The highest BCUT2D eigenvalue weighted by molar-refractivity contribution is 6.31. The van der Waals surface area contributed by atoms with Crippen LogP contribution < -0.4 is 10.2 Å². The van der Waals surface area contributed by atoms with Crippen molar-refractivity contribution in [3.05, 3.63) is 77.1 Å². The number of aromatic nitrogens is 2. The van der Waals surface area contributed by atoms with E-state index in [1.807, 2.05) is 49.4 Å². The fourth-order valence-corrected chi connectivity index (χ4v) is 2.46. The van der Waals surface area contributed by atoms with Crippen LogP contribution in [0, 0.1) is 6.92 Å². The van der Waals surface area contributed by atoms with Crippen molar-refractivity contribution in [1.29, 1.82) is 0 Å². The van der Waals surface area contributed by atoms with Gasteiger partial charge >= 0.3 is 0 Å². The fraction of sp³-hybridized carbons (Fsp3) is 0.105. The molecular weight excluding hydrogens is 336 g/mol. The van der Waals surface area contributed by atoms with Crippen molar-refractivity contribution in [1.82, 2.24) is 9.97 Å². The summed E-state index contributed by atoms with van der Waals surface area (Å²) in [6.45, 7) is 1.93. The lowest BCUT2D eigenvalue weighted by Crippen LogP contribution is -2.27. The Kier molecular flexibility index (Phi) is 4.95. The third kappa shape index (κ3) is 3.95. The van der Waals surface area contributed by atoms with E-state index in [0.29, 0.717) is 16.7 Å². The molecule has 0 fully saturated rings. The molecule has 0 spiro atoms. The highest BCUT2D eigenvalue weighted by atomic mass is 35.5. The lowest BCUT2D eigenvalue weighted by Gasteiger charge is -2.17. The topological polar surface area (TPSA) is 58.1 Å². The van der Waals surface area contributed by atoms with Crippen molar-refractivity contribution in [3.8, 4) is 0 Å². The molecule has 0 bridgehead atoms. The minimum atomic E-state index is -0.210. The standard InChI is InChI=1S/C19H17ClN4O/c1-13-8-9-14(12-16(13)20)22-19-21-11-10-17(23-19)18(25)24(2)15-6-4-3-5-7-15/h3-12H,1-2H3,(H,21,22,23). The van der Waals surface area contributed by atoms with Crippen molar-refractivity contribution in [2.45, 2.75) is 6.92 Å². The second-order valence-electron chi connectivity index (χ2n) is 5.55. The van der Waals surface area contributed by atoms with Crippen LogP contribution in [0.25, 0.3) is 0 Å². The molecule has 25 heavy (non-hydrogen) atoms. The Morgan fingerprint density at radius 3 is 2.60 bits per heavy atom. The van der Waals surface area contributed by atoms with Gasteiger partial charge in [-0.15, -0.1) is 0 Å². The van der Waals surface area contributed by atoms with Gasteiger partial charge in [-0.2, -0.15) is 0 Å². The molecule has 0 radical (unpaired) electrons. The number of nitrogens with zero attached hydrogens (tertiary/aromatic N) is 3. The molecule has 3 rings (SSSR count). The van der Waals surface area contributed by atoms with Gasteiger partial charge in [0.1, 0.15) is 5.69 Å². The molecule has 6 heteroatoms. The van der Waals surface area contributed by atoms with Gasteiger partial charge in [0.05, 0.1) is 0 Å². The van der Waals surface area contributed by atoms with Crippen LogP contribution in [0.2, 0.25) is 5.02 Å². The summed E-state index contributed by atoms with van der Waals surface area (Å²) in [6, 6.07) is 16.6. The zero-order valence-electron chi connectivity index (χ0n) is 13.9. The van der Waals surface area contributed by atoms with E-state index in [4.69, 9.17) is 11.6 Å². The van der Waals surface area contributed by atoms with Crippen LogP contribution in [0.15, 0.2) is 60.8 Å². The van der Waals surface area contributed by atoms with Crippen LogP contribution in [-0.2, 0) is 0 Å². The summed E-state index contributed by atoms with van der Waals surface area (Å²) >= 11 is 6.13. The molecule has 0 aliphatic rings. The fourth-order valence-electron chi connectivity index (χ4n) is 2.28. The maximum absolute atomic E-state index is 12.6. The van der Waals surface area contributed by atoms with Crippen LogP contribution in [0.1, 0.15) is 16.1 Å². The van der Waals surface area contributed by atoms with Gasteiger partial charge in [-0.25, -0.2) is 9.97 Å². The minimum Gasteiger partial charge on any atom is -0.324 e. The largest absolute Gasteiger partial charge is 0.324 e. The average molecular weight is 353 g/mol. The molecule has 1 heterocycles. The minimum absolute atomic E-state index is 0.210. The Balaban J connectivity index is 1.81. The molecule has 0 saturated carbocycles. The van der Waals surface area contributed by atoms with E-state index in [2.05, 4.69) is 15.3 Å². The normalized spacial score (nSPS) is 10.4. The summed E-state index contributed by atoms with van der Waals surface area (Å²) < 4.78 is 0. The van der Waals surface area contributed by atoms with Gasteiger partial charge in [-0.1, -0.05) is 35.9 Å². The first-order valence-electron chi connectivity index (χ1n) is 7.74. The van der Waals surface area contributed by atoms with E-state index < -0.39 is 0 Å². The van der Waals surface area contributed by atoms with Gasteiger partial charge in [-0.05, 0) is 42.8 Å². The van der Waals surface area contributed by atoms with Crippen LogP contribution in [0.5, 0.6) is 0 Å². The SMILES string of the molecule is Cc1ccc(Nc2nccc(C(=O)N(C)c3ccccc3)n2)cc1Cl. The van der Waals surface area contributed by atoms with Crippen molar-refractivity contribution in [2.75, 3.05) is 17.3 Å². The number of aryl methyl sites for hydroxylation is 1. The van der Waals surface area contributed by atoms with Crippen LogP contribution in [0.3, 0.4) is 0 Å². The maximum atomic E-state index is 12.6. The van der Waals surface area contributed by atoms with E-state index in [-0.39, 0.29) is 5.91 Å². The predicted molar refractivity (Wildman–Crippen MR) is 101 cm³/mol. The molecule has 1 amide bonds. The molecule has 2 aromatic carbocycles. The van der Waals surface area contributed by atoms with Crippen LogP contribution in [-0.4, -0.2) is 22.9 Å². The molecule has 5 nitrogen and oxygen atoms in total. The molecule has 0 unspecified atom stereocenters. The van der Waals surface area contributed by atoms with Crippen LogP contribution in [0.4, 0.5) is 17.3 Å². The predicted octanol–water partition coefficient (Wildman–Crippen LogP) is 4.46. The Morgan fingerprint density at radius 1 is 1.12 bits per heavy atom. The molecule has 0 aliphatic heterocycles. The molecule has 1 N–H and O–H groups in total. The highest BCUT2D eigenvalue weighted by Gasteiger charge is 2.15. The van der Waals surface area contributed by atoms with E-state index in [1.165, 1.54) is 0 Å². The first kappa shape index (κ1) is 16.9. The Hall–Kier alpha value is -2.92. The number of carbonyl (C=O) groups is 1. The summed E-state index contributed by atoms with van der Waals surface area (Å²) in [4.78, 5) is 22.7. The summed E-state index contributed by atoms with van der Waals surface area (Å²) in [5.41, 5.74) is 2.85. The number of rotatable bonds is 4. The molecular formula is C19H17ClN4O. The van der Waals surface area contributed by atoms with Crippen LogP contribution >= 0.6 is 11.6 Å². The average Bonchev–Trinajstić information content (AvgIpc) is 2.64. The summed E-state index contributed by atoms with van der Waals surface area (Å²) in [6.07, 6.45) is 1.55. The first-order chi connectivity index (χ1) is 12.0. The molecule has 0 atom stereocenters. The molecule has 126 valence electrons. The quantitative estimate of drug-likeness (QED) is 0.753. The number of para-hydroxylation sites is 1. The number of anilines is 3. The Bertz CT molecular complexity index is 899. The van der Waals surface area contributed by atoms with E-state index >= 15 is 0 Å². The Labute approximate surface area is 151 Å². The third-order valence-electron chi connectivity index (χ3n) is 3.75. The number of nitrogens with one attached hydrogen (secondary N) is 1. The lowest BCUT2D eigenvalue weighted by atomic mass is 10.2. The lowest BCUT2D eigenvalue weighted by molar-refractivity contribution is 0.0988. The van der Waals surface area contributed by atoms with E-state index in [0.717, 1.165) is 16.9 Å². The molecule has 0 aliphatic carbocycles. The summed E-state index contributed by atoms with van der Waals surface area (Å²) in [5, 5.41) is 3.72. The summed E-state index contributed by atoms with van der Waals surface area (Å²) in [7, 11) is 1.71. The van der Waals surface area contributed by atoms with Gasteiger partial charge in [-0.3, -0.25) is 4.79 Å². The number of hydrogen-bond donors (Lipinski definition) is 1. The van der Waals surface area contributed by atoms with Gasteiger partial charge in [0.2, 0.25) is 5.95 Å².